The van der Waals surface area contributed by atoms with Gasteiger partial charge in [0, 0.05) is 5.41 Å². The molecule has 1 heterocycles. The van der Waals surface area contributed by atoms with Gasteiger partial charge in [-0.2, -0.15) is 4.21 Å². The van der Waals surface area contributed by atoms with E-state index in [1.54, 1.807) is 0 Å². The van der Waals surface area contributed by atoms with Crippen LogP contribution in [0.25, 0.3) is 0 Å². The molecule has 1 rings (SSSR count). The fourth-order valence-electron chi connectivity index (χ4n) is 0.766. The van der Waals surface area contributed by atoms with Crippen molar-refractivity contribution in [1.82, 2.24) is 0 Å². The number of hydrogen-bond donors (Lipinski definition) is 0. The summed E-state index contributed by atoms with van der Waals surface area (Å²) in [7, 11) is 0. The smallest absolute Gasteiger partial charge is 0.268 e. The molecule has 3 nitrogen and oxygen atoms in total. The summed E-state index contributed by atoms with van der Waals surface area (Å²) in [6, 6.07) is 0. The summed E-state index contributed by atoms with van der Waals surface area (Å²) in [4.78, 5) is 0. The van der Waals surface area contributed by atoms with Crippen molar-refractivity contribution in [3.63, 3.8) is 0 Å². The lowest BCUT2D eigenvalue weighted by atomic mass is 9.88. The highest BCUT2D eigenvalue weighted by molar-refractivity contribution is 7.75. The topological polar surface area (TPSA) is 35.5 Å². The first-order valence-corrected chi connectivity index (χ1v) is 4.24. The van der Waals surface area contributed by atoms with E-state index >= 15 is 0 Å². The first-order valence-electron chi connectivity index (χ1n) is 3.24. The minimum absolute atomic E-state index is 0.247. The third-order valence-corrected chi connectivity index (χ3v) is 2.22. The van der Waals surface area contributed by atoms with Crippen LogP contribution in [-0.4, -0.2) is 16.9 Å². The van der Waals surface area contributed by atoms with E-state index in [2.05, 4.69) is 5.92 Å². The van der Waals surface area contributed by atoms with Crippen LogP contribution in [0, 0.1) is 17.8 Å². The van der Waals surface area contributed by atoms with Crippen LogP contribution >= 0.6 is 0 Å². The molecular weight excluding hydrogens is 164 g/mol. The molecule has 0 N–H and O–H groups in total. The van der Waals surface area contributed by atoms with Crippen LogP contribution in [0.2, 0.25) is 0 Å². The quantitative estimate of drug-likeness (QED) is 0.505. The normalized spacial score (nSPS) is 36.1. The molecule has 2 atom stereocenters. The molecule has 4 heteroatoms. The van der Waals surface area contributed by atoms with E-state index in [-0.39, 0.29) is 5.41 Å². The van der Waals surface area contributed by atoms with Gasteiger partial charge in [0.2, 0.25) is 0 Å². The SMILES string of the molecule is C#CC1OS(=O)OCC1(C)C. The van der Waals surface area contributed by atoms with Crippen molar-refractivity contribution >= 4 is 11.4 Å². The molecule has 0 aromatic heterocycles. The van der Waals surface area contributed by atoms with Crippen LogP contribution in [0.4, 0.5) is 0 Å². The highest BCUT2D eigenvalue weighted by Crippen LogP contribution is 2.28. The Morgan fingerprint density at radius 1 is 1.73 bits per heavy atom. The van der Waals surface area contributed by atoms with Gasteiger partial charge in [-0.1, -0.05) is 19.8 Å². The Morgan fingerprint density at radius 2 is 2.36 bits per heavy atom. The predicted octanol–water partition coefficient (Wildman–Crippen LogP) is 0.640. The van der Waals surface area contributed by atoms with Gasteiger partial charge in [-0.15, -0.1) is 6.42 Å². The molecule has 1 fully saturated rings. The van der Waals surface area contributed by atoms with E-state index in [0.29, 0.717) is 6.61 Å². The first-order chi connectivity index (χ1) is 5.06. The molecular formula is C7H10O3S. The summed E-state index contributed by atoms with van der Waals surface area (Å²) in [6.07, 6.45) is 4.76. The summed E-state index contributed by atoms with van der Waals surface area (Å²) < 4.78 is 20.3. The average Bonchev–Trinajstić information content (AvgIpc) is 1.94. The Hall–Kier alpha value is -0.370. The molecule has 0 bridgehead atoms. The maximum absolute atomic E-state index is 10.7. The van der Waals surface area contributed by atoms with Crippen LogP contribution in [0.15, 0.2) is 0 Å². The van der Waals surface area contributed by atoms with E-state index in [1.807, 2.05) is 13.8 Å². The minimum Gasteiger partial charge on any atom is -0.268 e. The van der Waals surface area contributed by atoms with Crippen molar-refractivity contribution in [3.05, 3.63) is 0 Å². The molecule has 0 aromatic rings. The molecule has 62 valence electrons. The Bertz CT molecular complexity index is 216. The monoisotopic (exact) mass is 174 g/mol. The van der Waals surface area contributed by atoms with Gasteiger partial charge in [0.15, 0.2) is 0 Å². The molecule has 11 heavy (non-hydrogen) atoms. The van der Waals surface area contributed by atoms with Crippen molar-refractivity contribution < 1.29 is 12.6 Å². The zero-order valence-corrected chi connectivity index (χ0v) is 7.31. The van der Waals surface area contributed by atoms with Crippen molar-refractivity contribution in [2.75, 3.05) is 6.61 Å². The Morgan fingerprint density at radius 3 is 2.82 bits per heavy atom. The summed E-state index contributed by atoms with van der Waals surface area (Å²) in [6.45, 7) is 4.19. The summed E-state index contributed by atoms with van der Waals surface area (Å²) in [5.74, 6) is 2.43. The summed E-state index contributed by atoms with van der Waals surface area (Å²) in [5.41, 5.74) is -0.247. The predicted molar refractivity (Wildman–Crippen MR) is 41.6 cm³/mol. The molecule has 0 radical (unpaired) electrons. The second kappa shape index (κ2) is 2.94. The zero-order valence-electron chi connectivity index (χ0n) is 6.49. The maximum Gasteiger partial charge on any atom is 0.305 e. The Labute approximate surface area is 68.9 Å². The van der Waals surface area contributed by atoms with E-state index < -0.39 is 17.5 Å². The van der Waals surface area contributed by atoms with Gasteiger partial charge in [0.05, 0.1) is 6.61 Å². The van der Waals surface area contributed by atoms with Gasteiger partial charge in [0.1, 0.15) is 6.10 Å². The third-order valence-electron chi connectivity index (χ3n) is 1.56. The molecule has 1 saturated heterocycles. The largest absolute Gasteiger partial charge is 0.305 e. The van der Waals surface area contributed by atoms with Crippen LogP contribution in [-0.2, 0) is 19.7 Å². The van der Waals surface area contributed by atoms with Gasteiger partial charge in [-0.25, -0.2) is 0 Å². The standard InChI is InChI=1S/C7H10O3S/c1-4-6-7(2,3)5-9-11(8)10-6/h1,6H,5H2,2-3H3. The second-order valence-electron chi connectivity index (χ2n) is 3.10. The van der Waals surface area contributed by atoms with Crippen LogP contribution in [0.1, 0.15) is 13.8 Å². The third kappa shape index (κ3) is 1.80. The first kappa shape index (κ1) is 8.72. The lowest BCUT2D eigenvalue weighted by Crippen LogP contribution is -2.40. The molecule has 1 aliphatic heterocycles. The molecule has 2 unspecified atom stereocenters. The molecule has 0 amide bonds. The molecule has 0 aliphatic carbocycles. The zero-order chi connectivity index (χ0) is 8.48. The van der Waals surface area contributed by atoms with Gasteiger partial charge in [0.25, 0.3) is 0 Å². The molecule has 0 spiro atoms. The van der Waals surface area contributed by atoms with Crippen LogP contribution in [0.5, 0.6) is 0 Å². The highest BCUT2D eigenvalue weighted by Gasteiger charge is 2.36. The summed E-state index contributed by atoms with van der Waals surface area (Å²) in [5, 5.41) is 0. The van der Waals surface area contributed by atoms with Gasteiger partial charge in [-0.05, 0) is 0 Å². The average molecular weight is 174 g/mol. The van der Waals surface area contributed by atoms with Crippen molar-refractivity contribution in [2.24, 2.45) is 5.41 Å². The van der Waals surface area contributed by atoms with E-state index in [0.717, 1.165) is 0 Å². The van der Waals surface area contributed by atoms with Gasteiger partial charge < -0.3 is 0 Å². The fourth-order valence-corrected chi connectivity index (χ4v) is 1.69. The number of terminal acetylenes is 1. The van der Waals surface area contributed by atoms with E-state index in [1.165, 1.54) is 0 Å². The highest BCUT2D eigenvalue weighted by atomic mass is 32.2. The minimum atomic E-state index is -1.66. The Kier molecular flexibility index (Phi) is 2.33. The lowest BCUT2D eigenvalue weighted by molar-refractivity contribution is 0.0281. The fraction of sp³-hybridized carbons (Fsp3) is 0.714. The summed E-state index contributed by atoms with van der Waals surface area (Å²) >= 11 is -1.66. The molecule has 1 aliphatic rings. The second-order valence-corrected chi connectivity index (χ2v) is 3.93. The lowest BCUT2D eigenvalue weighted by Gasteiger charge is -2.32. The number of rotatable bonds is 0. The Balaban J connectivity index is 2.73. The van der Waals surface area contributed by atoms with E-state index in [4.69, 9.17) is 14.8 Å². The van der Waals surface area contributed by atoms with E-state index in [9.17, 15) is 4.21 Å². The van der Waals surface area contributed by atoms with Crippen LogP contribution in [0.3, 0.4) is 0 Å². The van der Waals surface area contributed by atoms with Gasteiger partial charge >= 0.3 is 11.4 Å². The van der Waals surface area contributed by atoms with Crippen molar-refractivity contribution in [2.45, 2.75) is 20.0 Å². The van der Waals surface area contributed by atoms with Gasteiger partial charge in [-0.3, -0.25) is 8.37 Å². The van der Waals surface area contributed by atoms with Crippen LogP contribution < -0.4 is 0 Å². The molecule has 0 saturated carbocycles. The maximum atomic E-state index is 10.7. The number of hydrogen-bond acceptors (Lipinski definition) is 3. The molecule has 0 aromatic carbocycles. The van der Waals surface area contributed by atoms with Crippen molar-refractivity contribution in [3.8, 4) is 12.3 Å². The van der Waals surface area contributed by atoms with Crippen molar-refractivity contribution in [1.29, 1.82) is 0 Å².